The van der Waals surface area contributed by atoms with Crippen LogP contribution in [0.25, 0.3) is 10.9 Å². The van der Waals surface area contributed by atoms with Crippen molar-refractivity contribution in [2.75, 3.05) is 11.9 Å². The second-order valence-electron chi connectivity index (χ2n) is 5.00. The normalized spacial score (nSPS) is 12.8. The van der Waals surface area contributed by atoms with Gasteiger partial charge in [-0.25, -0.2) is 0 Å². The van der Waals surface area contributed by atoms with E-state index in [1.54, 1.807) is 13.1 Å². The Balaban J connectivity index is 2.04. The van der Waals surface area contributed by atoms with Crippen LogP contribution in [0.3, 0.4) is 0 Å². The molecule has 0 unspecified atom stereocenters. The van der Waals surface area contributed by atoms with Gasteiger partial charge in [0.15, 0.2) is 0 Å². The topological polar surface area (TPSA) is 67.0 Å². The molecule has 1 heterocycles. The average molecular weight is 261 g/mol. The van der Waals surface area contributed by atoms with Gasteiger partial charge in [0.25, 0.3) is 5.91 Å². The van der Waals surface area contributed by atoms with Crippen LogP contribution >= 0.6 is 0 Å². The van der Waals surface area contributed by atoms with Crippen molar-refractivity contribution >= 4 is 22.5 Å². The highest BCUT2D eigenvalue weighted by atomic mass is 16.5. The van der Waals surface area contributed by atoms with E-state index in [9.17, 15) is 4.79 Å². The van der Waals surface area contributed by atoms with Gasteiger partial charge in [-0.15, -0.1) is 0 Å². The number of hydrogen-bond acceptors (Lipinski definition) is 3. The van der Waals surface area contributed by atoms with Crippen LogP contribution in [-0.4, -0.2) is 28.8 Å². The minimum atomic E-state index is -0.472. The number of hydrogen-bond donors (Lipinski definition) is 2. The van der Waals surface area contributed by atoms with Crippen molar-refractivity contribution in [2.24, 2.45) is 5.92 Å². The Kier molecular flexibility index (Phi) is 4.16. The fourth-order valence-electron chi connectivity index (χ4n) is 1.72. The van der Waals surface area contributed by atoms with Crippen LogP contribution in [0.2, 0.25) is 0 Å². The van der Waals surface area contributed by atoms with E-state index in [0.717, 1.165) is 16.6 Å². The highest BCUT2D eigenvalue weighted by Gasteiger charge is 2.15. The number of ether oxygens (including phenoxy) is 1. The predicted molar refractivity (Wildman–Crippen MR) is 75.0 cm³/mol. The molecule has 0 radical (unpaired) electrons. The molecule has 1 amide bonds. The van der Waals surface area contributed by atoms with Gasteiger partial charge in [-0.2, -0.15) is 5.10 Å². The number of H-pyrrole nitrogens is 1. The van der Waals surface area contributed by atoms with Crippen molar-refractivity contribution in [3.8, 4) is 0 Å². The molecule has 2 aromatic rings. The fraction of sp³-hybridized carbons (Fsp3) is 0.429. The number of carbonyl (C=O) groups excluding carboxylic acids is 1. The Bertz CT molecular complexity index is 563. The zero-order valence-corrected chi connectivity index (χ0v) is 11.4. The highest BCUT2D eigenvalue weighted by Crippen LogP contribution is 2.20. The minimum absolute atomic E-state index is 0.150. The van der Waals surface area contributed by atoms with Crippen molar-refractivity contribution in [3.63, 3.8) is 0 Å². The molecule has 0 saturated heterocycles. The summed E-state index contributed by atoms with van der Waals surface area (Å²) in [4.78, 5) is 12.0. The second kappa shape index (κ2) is 5.84. The lowest BCUT2D eigenvalue weighted by molar-refractivity contribution is -0.126. The first-order valence-corrected chi connectivity index (χ1v) is 6.42. The number of anilines is 1. The molecule has 0 aliphatic carbocycles. The SMILES string of the molecule is CC(C)CO[C@H](C)C(=O)Nc1cccc2cn[nH]c12. The molecule has 0 aliphatic heterocycles. The van der Waals surface area contributed by atoms with Gasteiger partial charge in [0, 0.05) is 12.0 Å². The number of rotatable bonds is 5. The van der Waals surface area contributed by atoms with Crippen LogP contribution in [0.5, 0.6) is 0 Å². The number of benzene rings is 1. The van der Waals surface area contributed by atoms with Gasteiger partial charge in [0.2, 0.25) is 0 Å². The summed E-state index contributed by atoms with van der Waals surface area (Å²) in [6.07, 6.45) is 1.25. The zero-order chi connectivity index (χ0) is 13.8. The van der Waals surface area contributed by atoms with Crippen LogP contribution in [0.1, 0.15) is 20.8 Å². The van der Waals surface area contributed by atoms with Crippen molar-refractivity contribution in [2.45, 2.75) is 26.9 Å². The van der Waals surface area contributed by atoms with Crippen LogP contribution < -0.4 is 5.32 Å². The van der Waals surface area contributed by atoms with E-state index < -0.39 is 6.10 Å². The van der Waals surface area contributed by atoms with E-state index in [0.29, 0.717) is 12.5 Å². The molecule has 0 aliphatic rings. The van der Waals surface area contributed by atoms with Crippen LogP contribution in [0, 0.1) is 5.92 Å². The van der Waals surface area contributed by atoms with E-state index >= 15 is 0 Å². The highest BCUT2D eigenvalue weighted by molar-refractivity contribution is 6.01. The lowest BCUT2D eigenvalue weighted by Gasteiger charge is -2.15. The molecule has 0 bridgehead atoms. The molecule has 2 N–H and O–H groups in total. The van der Waals surface area contributed by atoms with Gasteiger partial charge in [-0.05, 0) is 18.9 Å². The Labute approximate surface area is 112 Å². The molecule has 5 heteroatoms. The van der Waals surface area contributed by atoms with Gasteiger partial charge in [0.05, 0.1) is 17.4 Å². The van der Waals surface area contributed by atoms with E-state index in [-0.39, 0.29) is 5.91 Å². The Morgan fingerprint density at radius 2 is 2.21 bits per heavy atom. The smallest absolute Gasteiger partial charge is 0.253 e. The van der Waals surface area contributed by atoms with Crippen molar-refractivity contribution in [1.29, 1.82) is 0 Å². The first-order chi connectivity index (χ1) is 9.08. The summed E-state index contributed by atoms with van der Waals surface area (Å²) in [5, 5.41) is 10.7. The van der Waals surface area contributed by atoms with Crippen molar-refractivity contribution in [1.82, 2.24) is 10.2 Å². The molecule has 2 rings (SSSR count). The van der Waals surface area contributed by atoms with Crippen LogP contribution in [0.15, 0.2) is 24.4 Å². The minimum Gasteiger partial charge on any atom is -0.368 e. The summed E-state index contributed by atoms with van der Waals surface area (Å²) in [5.74, 6) is 0.258. The number of carbonyl (C=O) groups is 1. The molecule has 19 heavy (non-hydrogen) atoms. The van der Waals surface area contributed by atoms with Gasteiger partial charge in [0.1, 0.15) is 6.10 Å². The lowest BCUT2D eigenvalue weighted by Crippen LogP contribution is -2.29. The van der Waals surface area contributed by atoms with E-state index in [2.05, 4.69) is 29.4 Å². The Morgan fingerprint density at radius 3 is 2.95 bits per heavy atom. The summed E-state index contributed by atoms with van der Waals surface area (Å²) in [6, 6.07) is 5.66. The molecule has 0 saturated carbocycles. The summed E-state index contributed by atoms with van der Waals surface area (Å²) in [5.41, 5.74) is 1.55. The van der Waals surface area contributed by atoms with E-state index in [1.807, 2.05) is 18.2 Å². The Hall–Kier alpha value is -1.88. The van der Waals surface area contributed by atoms with Gasteiger partial charge >= 0.3 is 0 Å². The maximum Gasteiger partial charge on any atom is 0.253 e. The quantitative estimate of drug-likeness (QED) is 0.869. The number of amides is 1. The number of nitrogens with one attached hydrogen (secondary N) is 2. The average Bonchev–Trinajstić information content (AvgIpc) is 2.85. The summed E-state index contributed by atoms with van der Waals surface area (Å²) < 4.78 is 5.49. The number of para-hydroxylation sites is 1. The lowest BCUT2D eigenvalue weighted by atomic mass is 10.2. The summed E-state index contributed by atoms with van der Waals surface area (Å²) >= 11 is 0. The zero-order valence-electron chi connectivity index (χ0n) is 11.4. The molecular weight excluding hydrogens is 242 g/mol. The first kappa shape index (κ1) is 13.5. The molecular formula is C14H19N3O2. The largest absolute Gasteiger partial charge is 0.368 e. The van der Waals surface area contributed by atoms with E-state index in [4.69, 9.17) is 4.74 Å². The second-order valence-corrected chi connectivity index (χ2v) is 5.00. The number of fused-ring (bicyclic) bond motifs is 1. The fourth-order valence-corrected chi connectivity index (χ4v) is 1.72. The number of aromatic nitrogens is 2. The molecule has 102 valence electrons. The van der Waals surface area contributed by atoms with Crippen molar-refractivity contribution in [3.05, 3.63) is 24.4 Å². The van der Waals surface area contributed by atoms with Gasteiger partial charge in [-0.3, -0.25) is 9.89 Å². The van der Waals surface area contributed by atoms with Crippen LogP contribution in [-0.2, 0) is 9.53 Å². The summed E-state index contributed by atoms with van der Waals surface area (Å²) in [7, 11) is 0. The van der Waals surface area contributed by atoms with Crippen molar-refractivity contribution < 1.29 is 9.53 Å². The first-order valence-electron chi connectivity index (χ1n) is 6.42. The molecule has 1 aromatic heterocycles. The maximum absolute atomic E-state index is 12.0. The molecule has 0 fully saturated rings. The standard InChI is InChI=1S/C14H19N3O2/c1-9(2)8-19-10(3)14(18)16-12-6-4-5-11-7-15-17-13(11)12/h4-7,9-10H,8H2,1-3H3,(H,15,17)(H,16,18)/t10-/m1/s1. The third-order valence-electron chi connectivity index (χ3n) is 2.78. The molecule has 5 nitrogen and oxygen atoms in total. The Morgan fingerprint density at radius 1 is 1.42 bits per heavy atom. The monoisotopic (exact) mass is 261 g/mol. The molecule has 1 aromatic carbocycles. The number of nitrogens with zero attached hydrogens (tertiary/aromatic N) is 1. The van der Waals surface area contributed by atoms with Gasteiger partial charge in [-0.1, -0.05) is 26.0 Å². The van der Waals surface area contributed by atoms with Gasteiger partial charge < -0.3 is 10.1 Å². The third-order valence-corrected chi connectivity index (χ3v) is 2.78. The summed E-state index contributed by atoms with van der Waals surface area (Å²) in [6.45, 7) is 6.43. The molecule has 1 atom stereocenters. The third kappa shape index (κ3) is 3.32. The van der Waals surface area contributed by atoms with Crippen LogP contribution in [0.4, 0.5) is 5.69 Å². The molecule has 0 spiro atoms. The number of aromatic amines is 1. The maximum atomic E-state index is 12.0. The predicted octanol–water partition coefficient (Wildman–Crippen LogP) is 2.56. The van der Waals surface area contributed by atoms with E-state index in [1.165, 1.54) is 0 Å².